The Kier molecular flexibility index (Phi) is 5.46. The summed E-state index contributed by atoms with van der Waals surface area (Å²) in [5, 5.41) is 7.00. The number of aromatic nitrogens is 2. The van der Waals surface area contributed by atoms with Gasteiger partial charge >= 0.3 is 0 Å². The Morgan fingerprint density at radius 2 is 2.32 bits per heavy atom. The molecule has 0 aliphatic heterocycles. The standard InChI is InChI=1S/C11H14N4O2S.ClH/c1-6(13-2)5-9-14-11(17-15-9)8-4-3-7(18-8)10(12)16;/h3-4,6,13H,5H2,1-2H3,(H2,12,16);1H. The molecule has 19 heavy (non-hydrogen) atoms. The highest BCUT2D eigenvalue weighted by atomic mass is 35.5. The maximum Gasteiger partial charge on any atom is 0.268 e. The molecule has 1 atom stereocenters. The van der Waals surface area contributed by atoms with Gasteiger partial charge in [-0.2, -0.15) is 4.98 Å². The Bertz CT molecular complexity index is 554. The number of amides is 1. The minimum absolute atomic E-state index is 0. The number of carbonyl (C=O) groups is 1. The Hall–Kier alpha value is -1.44. The fraction of sp³-hybridized carbons (Fsp3) is 0.364. The van der Waals surface area contributed by atoms with E-state index in [4.69, 9.17) is 10.3 Å². The van der Waals surface area contributed by atoms with Gasteiger partial charge < -0.3 is 15.6 Å². The Morgan fingerprint density at radius 3 is 2.89 bits per heavy atom. The van der Waals surface area contributed by atoms with Crippen molar-refractivity contribution < 1.29 is 9.32 Å². The van der Waals surface area contributed by atoms with Crippen LogP contribution >= 0.6 is 23.7 Å². The molecule has 0 aliphatic carbocycles. The molecule has 2 rings (SSSR count). The summed E-state index contributed by atoms with van der Waals surface area (Å²) >= 11 is 1.25. The lowest BCUT2D eigenvalue weighted by Crippen LogP contribution is -2.24. The highest BCUT2D eigenvalue weighted by molar-refractivity contribution is 7.17. The van der Waals surface area contributed by atoms with Crippen LogP contribution in [-0.2, 0) is 6.42 Å². The number of nitrogens with two attached hydrogens (primary N) is 1. The first-order chi connectivity index (χ1) is 8.60. The molecule has 3 N–H and O–H groups in total. The van der Waals surface area contributed by atoms with Gasteiger partial charge in [-0.25, -0.2) is 0 Å². The van der Waals surface area contributed by atoms with Crippen molar-refractivity contribution in [3.8, 4) is 10.8 Å². The van der Waals surface area contributed by atoms with Crippen molar-refractivity contribution >= 4 is 29.7 Å². The van der Waals surface area contributed by atoms with Crippen LogP contribution in [0.15, 0.2) is 16.7 Å². The predicted octanol–water partition coefficient (Wildman–Crippen LogP) is 1.47. The number of nitrogens with one attached hydrogen (secondary N) is 1. The van der Waals surface area contributed by atoms with Crippen LogP contribution in [-0.4, -0.2) is 29.1 Å². The van der Waals surface area contributed by atoms with E-state index in [2.05, 4.69) is 15.5 Å². The summed E-state index contributed by atoms with van der Waals surface area (Å²) in [5.41, 5.74) is 5.19. The lowest BCUT2D eigenvalue weighted by Gasteiger charge is -2.04. The van der Waals surface area contributed by atoms with Crippen molar-refractivity contribution in [3.05, 3.63) is 22.8 Å². The van der Waals surface area contributed by atoms with Gasteiger partial charge in [-0.05, 0) is 26.1 Å². The molecule has 1 amide bonds. The number of nitrogens with zero attached hydrogens (tertiary/aromatic N) is 2. The van der Waals surface area contributed by atoms with Crippen LogP contribution in [0.3, 0.4) is 0 Å². The molecule has 0 fully saturated rings. The second-order valence-corrected chi connectivity index (χ2v) is 5.02. The molecule has 0 radical (unpaired) electrons. The number of hydrogen-bond acceptors (Lipinski definition) is 6. The first-order valence-electron chi connectivity index (χ1n) is 5.50. The average molecular weight is 303 g/mol. The largest absolute Gasteiger partial charge is 0.365 e. The molecule has 104 valence electrons. The van der Waals surface area contributed by atoms with Crippen LogP contribution in [0.2, 0.25) is 0 Å². The summed E-state index contributed by atoms with van der Waals surface area (Å²) in [4.78, 5) is 16.5. The van der Waals surface area contributed by atoms with E-state index in [0.29, 0.717) is 23.0 Å². The summed E-state index contributed by atoms with van der Waals surface area (Å²) in [7, 11) is 1.88. The van der Waals surface area contributed by atoms with Gasteiger partial charge in [0.2, 0.25) is 0 Å². The maximum atomic E-state index is 11.0. The van der Waals surface area contributed by atoms with Crippen LogP contribution in [0.5, 0.6) is 0 Å². The SMILES string of the molecule is CNC(C)Cc1noc(-c2ccc(C(N)=O)s2)n1.Cl. The topological polar surface area (TPSA) is 94.0 Å². The van der Waals surface area contributed by atoms with Crippen LogP contribution < -0.4 is 11.1 Å². The first-order valence-corrected chi connectivity index (χ1v) is 6.31. The lowest BCUT2D eigenvalue weighted by molar-refractivity contribution is 0.100. The molecule has 0 saturated carbocycles. The van der Waals surface area contributed by atoms with E-state index in [1.807, 2.05) is 14.0 Å². The molecule has 0 saturated heterocycles. The van der Waals surface area contributed by atoms with Gasteiger partial charge in [-0.15, -0.1) is 23.7 Å². The van der Waals surface area contributed by atoms with Gasteiger partial charge in [0.15, 0.2) is 5.82 Å². The molecule has 0 bridgehead atoms. The number of rotatable bonds is 5. The Labute approximate surface area is 120 Å². The third-order valence-corrected chi connectivity index (χ3v) is 3.60. The minimum Gasteiger partial charge on any atom is -0.365 e. The zero-order valence-electron chi connectivity index (χ0n) is 10.5. The molecule has 0 aromatic carbocycles. The third-order valence-electron chi connectivity index (χ3n) is 2.51. The monoisotopic (exact) mass is 302 g/mol. The van der Waals surface area contributed by atoms with Crippen LogP contribution in [0.4, 0.5) is 0 Å². The average Bonchev–Trinajstić information content (AvgIpc) is 2.96. The molecule has 0 spiro atoms. The highest BCUT2D eigenvalue weighted by Crippen LogP contribution is 2.26. The van der Waals surface area contributed by atoms with Crippen LogP contribution in [0.1, 0.15) is 22.4 Å². The number of likely N-dealkylation sites (N-methyl/N-ethyl adjacent to an activating group) is 1. The second-order valence-electron chi connectivity index (χ2n) is 3.94. The molecule has 8 heteroatoms. The number of thiophene rings is 1. The lowest BCUT2D eigenvalue weighted by atomic mass is 10.2. The summed E-state index contributed by atoms with van der Waals surface area (Å²) < 4.78 is 5.16. The quantitative estimate of drug-likeness (QED) is 0.872. The summed E-state index contributed by atoms with van der Waals surface area (Å²) in [6, 6.07) is 3.69. The molecule has 2 aromatic heterocycles. The molecule has 6 nitrogen and oxygen atoms in total. The molecule has 1 unspecified atom stereocenters. The zero-order valence-corrected chi connectivity index (χ0v) is 12.2. The molecular weight excluding hydrogens is 288 g/mol. The summed E-state index contributed by atoms with van der Waals surface area (Å²) in [5.74, 6) is 0.612. The van der Waals surface area contributed by atoms with E-state index in [1.165, 1.54) is 11.3 Å². The summed E-state index contributed by atoms with van der Waals surface area (Å²) in [6.45, 7) is 2.03. The molecular formula is C11H15ClN4O2S. The van der Waals surface area contributed by atoms with E-state index >= 15 is 0 Å². The Balaban J connectivity index is 0.00000180. The number of primary amides is 1. The van der Waals surface area contributed by atoms with Crippen molar-refractivity contribution in [2.45, 2.75) is 19.4 Å². The zero-order chi connectivity index (χ0) is 13.1. The van der Waals surface area contributed by atoms with Gasteiger partial charge in [-0.3, -0.25) is 4.79 Å². The van der Waals surface area contributed by atoms with Gasteiger partial charge in [0, 0.05) is 12.5 Å². The molecule has 0 aliphatic rings. The first kappa shape index (κ1) is 15.6. The summed E-state index contributed by atoms with van der Waals surface area (Å²) in [6.07, 6.45) is 0.689. The van der Waals surface area contributed by atoms with E-state index < -0.39 is 5.91 Å². The highest BCUT2D eigenvalue weighted by Gasteiger charge is 2.14. The van der Waals surface area contributed by atoms with Crippen LogP contribution in [0, 0.1) is 0 Å². The van der Waals surface area contributed by atoms with Gasteiger partial charge in [0.25, 0.3) is 11.8 Å². The maximum absolute atomic E-state index is 11.0. The van der Waals surface area contributed by atoms with E-state index in [1.54, 1.807) is 12.1 Å². The fourth-order valence-corrected chi connectivity index (χ4v) is 2.18. The molecule has 2 heterocycles. The van der Waals surface area contributed by atoms with E-state index in [0.717, 1.165) is 4.88 Å². The minimum atomic E-state index is -0.449. The second kappa shape index (κ2) is 6.65. The van der Waals surface area contributed by atoms with Gasteiger partial charge in [0.1, 0.15) is 0 Å². The van der Waals surface area contributed by atoms with Crippen molar-refractivity contribution in [2.24, 2.45) is 5.73 Å². The van der Waals surface area contributed by atoms with Gasteiger partial charge in [0.05, 0.1) is 9.75 Å². The third kappa shape index (κ3) is 3.76. The molecule has 2 aromatic rings. The Morgan fingerprint density at radius 1 is 1.58 bits per heavy atom. The number of halogens is 1. The smallest absolute Gasteiger partial charge is 0.268 e. The number of carbonyl (C=O) groups excluding carboxylic acids is 1. The van der Waals surface area contributed by atoms with E-state index in [9.17, 15) is 4.79 Å². The van der Waals surface area contributed by atoms with Gasteiger partial charge in [-0.1, -0.05) is 5.16 Å². The van der Waals surface area contributed by atoms with E-state index in [-0.39, 0.29) is 18.4 Å². The normalized spacial score (nSPS) is 11.9. The van der Waals surface area contributed by atoms with Crippen molar-refractivity contribution in [1.82, 2.24) is 15.5 Å². The fourth-order valence-electron chi connectivity index (χ4n) is 1.40. The van der Waals surface area contributed by atoms with Crippen LogP contribution in [0.25, 0.3) is 10.8 Å². The van der Waals surface area contributed by atoms with Crippen molar-refractivity contribution in [3.63, 3.8) is 0 Å². The number of hydrogen-bond donors (Lipinski definition) is 2. The predicted molar refractivity (Wildman–Crippen MR) is 75.6 cm³/mol. The van der Waals surface area contributed by atoms with Crippen molar-refractivity contribution in [2.75, 3.05) is 7.05 Å². The van der Waals surface area contributed by atoms with Crippen molar-refractivity contribution in [1.29, 1.82) is 0 Å².